The largest absolute Gasteiger partial charge is 0.373 e. The van der Waals surface area contributed by atoms with Crippen LogP contribution in [0.2, 0.25) is 0 Å². The molecule has 0 aromatic heterocycles. The third kappa shape index (κ3) is 1.56. The molecule has 0 saturated carbocycles. The minimum Gasteiger partial charge on any atom is -0.373 e. The summed E-state index contributed by atoms with van der Waals surface area (Å²) in [5.74, 6) is 0.467. The van der Waals surface area contributed by atoms with E-state index in [9.17, 15) is 0 Å². The van der Waals surface area contributed by atoms with E-state index in [1.807, 2.05) is 7.05 Å². The highest BCUT2D eigenvalue weighted by molar-refractivity contribution is 7.80. The van der Waals surface area contributed by atoms with Crippen LogP contribution in [0.1, 0.15) is 31.7 Å². The van der Waals surface area contributed by atoms with E-state index < -0.39 is 0 Å². The minimum atomic E-state index is -0.0408. The lowest BCUT2D eigenvalue weighted by atomic mass is 9.83. The van der Waals surface area contributed by atoms with Crippen molar-refractivity contribution in [2.45, 2.75) is 37.9 Å². The molecule has 3 nitrogen and oxygen atoms in total. The van der Waals surface area contributed by atoms with Crippen LogP contribution < -0.4 is 0 Å². The number of hydrogen-bond acceptors (Lipinski definition) is 3. The number of hydrogen-bond donors (Lipinski definition) is 0. The van der Waals surface area contributed by atoms with Crippen molar-refractivity contribution in [1.82, 2.24) is 9.96 Å². The van der Waals surface area contributed by atoms with Crippen LogP contribution in [0.25, 0.3) is 0 Å². The quantitative estimate of drug-likeness (QED) is 0.723. The molecule has 0 bridgehead atoms. The predicted molar refractivity (Wildman–Crippen MR) is 75.0 cm³/mol. The molecule has 2 aliphatic heterocycles. The standard InChI is InChI=1S/C14H18N2OS/c1-14(2)11(10-7-5-4-6-8-10)9-12-15(3)13(18)17-16(12)14/h4-8,11-12H,9H2,1-3H3. The number of benzene rings is 1. The van der Waals surface area contributed by atoms with Crippen LogP contribution in [-0.4, -0.2) is 33.9 Å². The maximum Gasteiger partial charge on any atom is 0.282 e. The van der Waals surface area contributed by atoms with Gasteiger partial charge in [-0.15, -0.1) is 5.06 Å². The molecule has 2 aliphatic rings. The summed E-state index contributed by atoms with van der Waals surface area (Å²) in [6, 6.07) is 10.7. The number of hydroxylamine groups is 2. The highest BCUT2D eigenvalue weighted by Gasteiger charge is 2.55. The Labute approximate surface area is 113 Å². The first-order valence-corrected chi connectivity index (χ1v) is 6.71. The lowest BCUT2D eigenvalue weighted by Crippen LogP contribution is -2.42. The van der Waals surface area contributed by atoms with Crippen molar-refractivity contribution in [2.75, 3.05) is 7.05 Å². The van der Waals surface area contributed by atoms with Gasteiger partial charge < -0.3 is 9.74 Å². The van der Waals surface area contributed by atoms with Gasteiger partial charge in [-0.2, -0.15) is 0 Å². The third-order valence-corrected chi connectivity index (χ3v) is 4.61. The van der Waals surface area contributed by atoms with Gasteiger partial charge in [0.1, 0.15) is 6.17 Å². The number of thiocarbonyl (C=S) groups is 1. The van der Waals surface area contributed by atoms with Crippen LogP contribution in [0.3, 0.4) is 0 Å². The maximum atomic E-state index is 5.76. The Kier molecular flexibility index (Phi) is 2.61. The van der Waals surface area contributed by atoms with Gasteiger partial charge in [-0.1, -0.05) is 30.3 Å². The Morgan fingerprint density at radius 3 is 2.56 bits per heavy atom. The maximum absolute atomic E-state index is 5.76. The van der Waals surface area contributed by atoms with E-state index in [4.69, 9.17) is 17.1 Å². The Morgan fingerprint density at radius 1 is 1.28 bits per heavy atom. The Hall–Kier alpha value is -1.13. The molecule has 2 fully saturated rings. The van der Waals surface area contributed by atoms with E-state index in [-0.39, 0.29) is 11.7 Å². The van der Waals surface area contributed by atoms with Crippen LogP contribution in [0, 0.1) is 0 Å². The van der Waals surface area contributed by atoms with E-state index in [0.717, 1.165) is 6.42 Å². The molecule has 0 radical (unpaired) electrons. The first-order valence-electron chi connectivity index (χ1n) is 6.31. The van der Waals surface area contributed by atoms with Gasteiger partial charge >= 0.3 is 0 Å². The molecule has 2 unspecified atom stereocenters. The average molecular weight is 262 g/mol. The summed E-state index contributed by atoms with van der Waals surface area (Å²) in [7, 11) is 2.01. The van der Waals surface area contributed by atoms with Crippen molar-refractivity contribution in [3.05, 3.63) is 35.9 Å². The number of fused-ring (bicyclic) bond motifs is 1. The molecule has 1 aromatic rings. The SMILES string of the molecule is CN1C(=S)ON2C1CC(c1ccccc1)C2(C)C. The predicted octanol–water partition coefficient (Wildman–Crippen LogP) is 2.74. The Bertz CT molecular complexity index is 474. The fraction of sp³-hybridized carbons (Fsp3) is 0.500. The van der Waals surface area contributed by atoms with Crippen molar-refractivity contribution in [3.8, 4) is 0 Å². The molecule has 0 aliphatic carbocycles. The van der Waals surface area contributed by atoms with Crippen LogP contribution in [0.4, 0.5) is 0 Å². The molecule has 18 heavy (non-hydrogen) atoms. The van der Waals surface area contributed by atoms with Gasteiger partial charge in [0.05, 0.1) is 5.54 Å². The van der Waals surface area contributed by atoms with E-state index in [0.29, 0.717) is 11.1 Å². The van der Waals surface area contributed by atoms with Crippen LogP contribution in [-0.2, 0) is 4.84 Å². The summed E-state index contributed by atoms with van der Waals surface area (Å²) >= 11 is 5.22. The summed E-state index contributed by atoms with van der Waals surface area (Å²) in [5, 5.41) is 2.65. The van der Waals surface area contributed by atoms with Crippen molar-refractivity contribution in [1.29, 1.82) is 0 Å². The fourth-order valence-electron chi connectivity index (χ4n) is 3.13. The molecule has 96 valence electrons. The second-order valence-electron chi connectivity index (χ2n) is 5.63. The molecule has 1 aromatic carbocycles. The van der Waals surface area contributed by atoms with Gasteiger partial charge in [0.25, 0.3) is 5.17 Å². The van der Waals surface area contributed by atoms with E-state index in [1.165, 1.54) is 5.56 Å². The highest BCUT2D eigenvalue weighted by Crippen LogP contribution is 2.48. The summed E-state index contributed by atoms with van der Waals surface area (Å²) in [6.07, 6.45) is 1.31. The molecule has 2 heterocycles. The molecule has 4 heteroatoms. The monoisotopic (exact) mass is 262 g/mol. The smallest absolute Gasteiger partial charge is 0.282 e. The number of rotatable bonds is 1. The molecule has 3 rings (SSSR count). The first-order chi connectivity index (χ1) is 8.51. The van der Waals surface area contributed by atoms with Gasteiger partial charge in [0.2, 0.25) is 0 Å². The topological polar surface area (TPSA) is 15.7 Å². The molecule has 2 atom stereocenters. The minimum absolute atomic E-state index is 0.0408. The Balaban J connectivity index is 1.95. The van der Waals surface area contributed by atoms with E-state index in [2.05, 4.69) is 54.1 Å². The molecule has 0 spiro atoms. The van der Waals surface area contributed by atoms with Gasteiger partial charge in [-0.25, -0.2) is 0 Å². The normalized spacial score (nSPS) is 30.4. The third-order valence-electron chi connectivity index (χ3n) is 4.25. The zero-order valence-electron chi connectivity index (χ0n) is 11.0. The summed E-state index contributed by atoms with van der Waals surface area (Å²) in [6.45, 7) is 4.46. The lowest BCUT2D eigenvalue weighted by Gasteiger charge is -2.32. The second-order valence-corrected chi connectivity index (χ2v) is 5.98. The average Bonchev–Trinajstić information content (AvgIpc) is 2.78. The molecule has 0 N–H and O–H groups in total. The van der Waals surface area contributed by atoms with E-state index in [1.54, 1.807) is 0 Å². The summed E-state index contributed by atoms with van der Waals surface area (Å²) in [5.41, 5.74) is 1.33. The highest BCUT2D eigenvalue weighted by atomic mass is 32.1. The van der Waals surface area contributed by atoms with Crippen molar-refractivity contribution in [2.24, 2.45) is 0 Å². The zero-order valence-corrected chi connectivity index (χ0v) is 11.8. The first kappa shape index (κ1) is 11.9. The Morgan fingerprint density at radius 2 is 1.94 bits per heavy atom. The fourth-order valence-corrected chi connectivity index (χ4v) is 3.33. The van der Waals surface area contributed by atoms with E-state index >= 15 is 0 Å². The van der Waals surface area contributed by atoms with Gasteiger partial charge in [-0.3, -0.25) is 0 Å². The van der Waals surface area contributed by atoms with Crippen LogP contribution >= 0.6 is 12.2 Å². The lowest BCUT2D eigenvalue weighted by molar-refractivity contribution is -0.127. The molecule has 2 saturated heterocycles. The summed E-state index contributed by atoms with van der Waals surface area (Å²) < 4.78 is 0. The molecular weight excluding hydrogens is 244 g/mol. The molecule has 0 amide bonds. The molecular formula is C14H18N2OS. The van der Waals surface area contributed by atoms with Gasteiger partial charge in [-0.05, 0) is 38.0 Å². The summed E-state index contributed by atoms with van der Waals surface area (Å²) in [4.78, 5) is 7.81. The van der Waals surface area contributed by atoms with Crippen molar-refractivity contribution in [3.63, 3.8) is 0 Å². The van der Waals surface area contributed by atoms with Crippen molar-refractivity contribution < 1.29 is 4.84 Å². The van der Waals surface area contributed by atoms with Crippen LogP contribution in [0.15, 0.2) is 30.3 Å². The van der Waals surface area contributed by atoms with Gasteiger partial charge in [0, 0.05) is 13.0 Å². The van der Waals surface area contributed by atoms with Crippen LogP contribution in [0.5, 0.6) is 0 Å². The van der Waals surface area contributed by atoms with Gasteiger partial charge in [0.15, 0.2) is 0 Å². The zero-order chi connectivity index (χ0) is 12.9. The van der Waals surface area contributed by atoms with Crippen molar-refractivity contribution >= 4 is 17.4 Å². The second kappa shape index (κ2) is 3.93. The number of nitrogens with zero attached hydrogens (tertiary/aromatic N) is 2.